The fraction of sp³-hybridized carbons (Fsp3) is 0.545. The van der Waals surface area contributed by atoms with Gasteiger partial charge in [-0.15, -0.1) is 0 Å². The second-order valence-electron chi connectivity index (χ2n) is 4.14. The van der Waals surface area contributed by atoms with Crippen LogP contribution in [0.5, 0.6) is 0 Å². The molecule has 15 heavy (non-hydrogen) atoms. The Kier molecular flexibility index (Phi) is 3.19. The number of hydrogen-bond acceptors (Lipinski definition) is 4. The molecule has 1 aromatic rings. The smallest absolute Gasteiger partial charge is 0.313 e. The number of carbonyl (C=O) groups excluding carboxylic acids is 1. The second-order valence-corrected chi connectivity index (χ2v) is 4.14. The molecule has 0 fully saturated rings. The van der Waals surface area contributed by atoms with Crippen molar-refractivity contribution in [3.63, 3.8) is 0 Å². The van der Waals surface area contributed by atoms with Crippen molar-refractivity contribution in [3.8, 4) is 0 Å². The Morgan fingerprint density at radius 2 is 2.13 bits per heavy atom. The average molecular weight is 211 g/mol. The van der Waals surface area contributed by atoms with E-state index in [-0.39, 0.29) is 5.97 Å². The van der Waals surface area contributed by atoms with E-state index in [0.717, 1.165) is 5.76 Å². The highest BCUT2D eigenvalue weighted by molar-refractivity contribution is 5.76. The van der Waals surface area contributed by atoms with E-state index in [1.165, 1.54) is 7.11 Å². The first kappa shape index (κ1) is 11.8. The van der Waals surface area contributed by atoms with Crippen molar-refractivity contribution in [3.05, 3.63) is 23.7 Å². The van der Waals surface area contributed by atoms with Crippen LogP contribution in [0.2, 0.25) is 0 Å². The molecule has 1 heterocycles. The summed E-state index contributed by atoms with van der Waals surface area (Å²) in [7, 11) is 1.35. The van der Waals surface area contributed by atoms with Gasteiger partial charge in [0, 0.05) is 0 Å². The number of hydrogen-bond donors (Lipinski definition) is 1. The maximum Gasteiger partial charge on any atom is 0.313 e. The van der Waals surface area contributed by atoms with Crippen molar-refractivity contribution in [1.29, 1.82) is 0 Å². The minimum Gasteiger partial charge on any atom is -0.469 e. The first-order valence-corrected chi connectivity index (χ1v) is 4.80. The van der Waals surface area contributed by atoms with Crippen LogP contribution in [0.25, 0.3) is 0 Å². The molecule has 84 valence electrons. The maximum absolute atomic E-state index is 11.5. The third-order valence-electron chi connectivity index (χ3n) is 2.56. The highest BCUT2D eigenvalue weighted by Gasteiger charge is 2.38. The van der Waals surface area contributed by atoms with E-state index in [9.17, 15) is 4.79 Å². The summed E-state index contributed by atoms with van der Waals surface area (Å²) < 4.78 is 10.1. The Balaban J connectivity index is 2.93. The fourth-order valence-corrected chi connectivity index (χ4v) is 1.37. The van der Waals surface area contributed by atoms with Crippen molar-refractivity contribution in [2.75, 3.05) is 7.11 Å². The van der Waals surface area contributed by atoms with Crippen LogP contribution < -0.4 is 5.73 Å². The number of methoxy groups -OCH3 is 1. The topological polar surface area (TPSA) is 65.5 Å². The maximum atomic E-state index is 11.5. The Morgan fingerprint density at radius 3 is 2.53 bits per heavy atom. The summed E-state index contributed by atoms with van der Waals surface area (Å²) in [6.45, 7) is 5.31. The van der Waals surface area contributed by atoms with Gasteiger partial charge in [-0.05, 0) is 32.9 Å². The number of ether oxygens (including phenoxy) is 1. The van der Waals surface area contributed by atoms with Crippen LogP contribution in [0.15, 0.2) is 16.5 Å². The van der Waals surface area contributed by atoms with Gasteiger partial charge in [0.25, 0.3) is 0 Å². The van der Waals surface area contributed by atoms with E-state index in [0.29, 0.717) is 5.76 Å². The highest BCUT2D eigenvalue weighted by Crippen LogP contribution is 2.33. The van der Waals surface area contributed by atoms with Gasteiger partial charge in [0.1, 0.15) is 11.5 Å². The van der Waals surface area contributed by atoms with Crippen molar-refractivity contribution < 1.29 is 13.9 Å². The summed E-state index contributed by atoms with van der Waals surface area (Å²) in [6.07, 6.45) is 0. The number of furan rings is 1. The van der Waals surface area contributed by atoms with Crippen LogP contribution in [0.1, 0.15) is 31.4 Å². The van der Waals surface area contributed by atoms with Gasteiger partial charge in [-0.25, -0.2) is 0 Å². The van der Waals surface area contributed by atoms with Crippen molar-refractivity contribution >= 4 is 5.97 Å². The zero-order valence-corrected chi connectivity index (χ0v) is 9.53. The van der Waals surface area contributed by atoms with Gasteiger partial charge < -0.3 is 14.9 Å². The summed E-state index contributed by atoms with van der Waals surface area (Å²) in [4.78, 5) is 11.5. The molecule has 0 aromatic carbocycles. The molecule has 1 atom stereocenters. The molecule has 0 aliphatic rings. The van der Waals surface area contributed by atoms with Crippen LogP contribution in [0.4, 0.5) is 0 Å². The van der Waals surface area contributed by atoms with E-state index in [2.05, 4.69) is 0 Å². The lowest BCUT2D eigenvalue weighted by atomic mass is 9.83. The molecule has 0 unspecified atom stereocenters. The molecule has 0 aliphatic carbocycles. The molecule has 0 saturated heterocycles. The van der Waals surface area contributed by atoms with Crippen LogP contribution in [-0.2, 0) is 9.53 Å². The minimum absolute atomic E-state index is 0.343. The number of aryl methyl sites for hydroxylation is 1. The zero-order chi connectivity index (χ0) is 11.6. The van der Waals surface area contributed by atoms with Crippen molar-refractivity contribution in [2.45, 2.75) is 26.8 Å². The molecular formula is C11H17NO3. The van der Waals surface area contributed by atoms with Gasteiger partial charge in [0.05, 0.1) is 18.6 Å². The van der Waals surface area contributed by atoms with Crippen LogP contribution in [0.3, 0.4) is 0 Å². The van der Waals surface area contributed by atoms with Crippen LogP contribution in [0, 0.1) is 12.3 Å². The molecule has 4 nitrogen and oxygen atoms in total. The number of rotatable bonds is 3. The number of esters is 1. The average Bonchev–Trinajstić information content (AvgIpc) is 2.62. The number of carbonyl (C=O) groups is 1. The summed E-state index contributed by atoms with van der Waals surface area (Å²) in [5.74, 6) is 1.04. The highest BCUT2D eigenvalue weighted by atomic mass is 16.5. The normalized spacial score (nSPS) is 13.7. The number of nitrogens with two attached hydrogens (primary N) is 1. The van der Waals surface area contributed by atoms with Crippen LogP contribution >= 0.6 is 0 Å². The minimum atomic E-state index is -0.793. The predicted octanol–water partition coefficient (Wildman–Crippen LogP) is 1.79. The summed E-state index contributed by atoms with van der Waals surface area (Å²) >= 11 is 0. The van der Waals surface area contributed by atoms with E-state index in [1.54, 1.807) is 19.9 Å². The monoisotopic (exact) mass is 211 g/mol. The summed E-state index contributed by atoms with van der Waals surface area (Å²) in [6, 6.07) is 3.10. The molecule has 0 amide bonds. The lowest BCUT2D eigenvalue weighted by molar-refractivity contribution is -0.152. The second kappa shape index (κ2) is 4.06. The first-order valence-electron chi connectivity index (χ1n) is 4.80. The summed E-state index contributed by atoms with van der Waals surface area (Å²) in [5, 5.41) is 0. The Morgan fingerprint density at radius 1 is 1.53 bits per heavy atom. The van der Waals surface area contributed by atoms with Gasteiger partial charge in [-0.1, -0.05) is 0 Å². The van der Waals surface area contributed by atoms with Crippen LogP contribution in [-0.4, -0.2) is 13.1 Å². The van der Waals surface area contributed by atoms with Crippen molar-refractivity contribution in [2.24, 2.45) is 11.1 Å². The molecule has 1 rings (SSSR count). The van der Waals surface area contributed by atoms with E-state index >= 15 is 0 Å². The molecular weight excluding hydrogens is 194 g/mol. The lowest BCUT2D eigenvalue weighted by Gasteiger charge is -2.26. The zero-order valence-electron chi connectivity index (χ0n) is 9.53. The largest absolute Gasteiger partial charge is 0.469 e. The third-order valence-corrected chi connectivity index (χ3v) is 2.56. The SMILES string of the molecule is COC(=O)C(C)(C)[C@@H](N)c1ccc(C)o1. The lowest BCUT2D eigenvalue weighted by Crippen LogP contribution is -2.37. The molecule has 0 saturated carbocycles. The summed E-state index contributed by atoms with van der Waals surface area (Å²) in [5.41, 5.74) is 5.18. The van der Waals surface area contributed by atoms with Crippen molar-refractivity contribution in [1.82, 2.24) is 0 Å². The quantitative estimate of drug-likeness (QED) is 0.774. The van der Waals surface area contributed by atoms with Gasteiger partial charge in [0.2, 0.25) is 0 Å². The predicted molar refractivity (Wildman–Crippen MR) is 56.2 cm³/mol. The first-order chi connectivity index (χ1) is 6.89. The molecule has 0 bridgehead atoms. The standard InChI is InChI=1S/C11H17NO3/c1-7-5-6-8(15-7)9(12)11(2,3)10(13)14-4/h5-6,9H,12H2,1-4H3/t9-/m0/s1. The molecule has 4 heteroatoms. The van der Waals surface area contributed by atoms with Gasteiger partial charge >= 0.3 is 5.97 Å². The molecule has 0 radical (unpaired) electrons. The Hall–Kier alpha value is -1.29. The molecule has 1 aromatic heterocycles. The molecule has 0 aliphatic heterocycles. The molecule has 2 N–H and O–H groups in total. The third kappa shape index (κ3) is 2.21. The Bertz CT molecular complexity index is 354. The van der Waals surface area contributed by atoms with Gasteiger partial charge in [-0.3, -0.25) is 4.79 Å². The van der Waals surface area contributed by atoms with Gasteiger partial charge in [0.15, 0.2) is 0 Å². The van der Waals surface area contributed by atoms with E-state index in [4.69, 9.17) is 14.9 Å². The Labute approximate surface area is 89.4 Å². The fourth-order valence-electron chi connectivity index (χ4n) is 1.37. The molecule has 0 spiro atoms. The van der Waals surface area contributed by atoms with E-state index in [1.807, 2.05) is 13.0 Å². The van der Waals surface area contributed by atoms with E-state index < -0.39 is 11.5 Å². The van der Waals surface area contributed by atoms with Gasteiger partial charge in [-0.2, -0.15) is 0 Å².